The molecule has 0 unspecified atom stereocenters. The van der Waals surface area contributed by atoms with E-state index in [1.807, 2.05) is 11.0 Å². The largest absolute Gasteiger partial charge is 0.369 e. The van der Waals surface area contributed by atoms with E-state index in [1.165, 1.54) is 11.3 Å². The number of nitrogens with zero attached hydrogens (tertiary/aromatic N) is 6. The van der Waals surface area contributed by atoms with Crippen molar-refractivity contribution in [3.63, 3.8) is 0 Å². The minimum Gasteiger partial charge on any atom is -0.369 e. The summed E-state index contributed by atoms with van der Waals surface area (Å²) in [5.74, 6) is 1.02. The molecule has 0 atom stereocenters. The van der Waals surface area contributed by atoms with Crippen molar-refractivity contribution in [2.45, 2.75) is 13.3 Å². The zero-order valence-corrected chi connectivity index (χ0v) is 17.2. The normalized spacial score (nSPS) is 18.2. The molecule has 0 radical (unpaired) electrons. The predicted octanol–water partition coefficient (Wildman–Crippen LogP) is 1.65. The number of carbonyl (C=O) groups is 1. The Kier molecular flexibility index (Phi) is 6.24. The molecule has 2 aromatic rings. The smallest absolute Gasteiger partial charge is 0.225 e. The fourth-order valence-electron chi connectivity index (χ4n) is 4.08. The number of benzene rings is 1. The molecule has 0 saturated carbocycles. The van der Waals surface area contributed by atoms with E-state index in [0.29, 0.717) is 6.42 Å². The van der Waals surface area contributed by atoms with Gasteiger partial charge in [-0.05, 0) is 30.7 Å². The maximum atomic E-state index is 12.6. The number of anilines is 2. The summed E-state index contributed by atoms with van der Waals surface area (Å²) in [6, 6.07) is 10.5. The molecule has 1 aromatic carbocycles. The number of aryl methyl sites for hydroxylation is 1. The molecular weight excluding hydrogens is 364 g/mol. The monoisotopic (exact) mass is 394 g/mol. The van der Waals surface area contributed by atoms with Crippen molar-refractivity contribution in [1.29, 1.82) is 0 Å². The Labute approximate surface area is 172 Å². The summed E-state index contributed by atoms with van der Waals surface area (Å²) in [7, 11) is 0. The van der Waals surface area contributed by atoms with Crippen LogP contribution in [0.1, 0.15) is 12.0 Å². The first-order chi connectivity index (χ1) is 14.2. The average molecular weight is 395 g/mol. The van der Waals surface area contributed by atoms with Gasteiger partial charge in [0, 0.05) is 83.4 Å². The molecule has 2 aliphatic heterocycles. The average Bonchev–Trinajstić information content (AvgIpc) is 2.78. The van der Waals surface area contributed by atoms with Crippen molar-refractivity contribution < 1.29 is 4.79 Å². The lowest BCUT2D eigenvalue weighted by Crippen LogP contribution is -2.50. The zero-order valence-electron chi connectivity index (χ0n) is 17.2. The van der Waals surface area contributed by atoms with Gasteiger partial charge in [0.2, 0.25) is 11.9 Å². The molecule has 0 bridgehead atoms. The second kappa shape index (κ2) is 9.22. The molecule has 1 aromatic heterocycles. The molecule has 154 valence electrons. The maximum Gasteiger partial charge on any atom is 0.225 e. The zero-order chi connectivity index (χ0) is 20.1. The number of rotatable bonds is 5. The van der Waals surface area contributed by atoms with E-state index in [1.54, 1.807) is 12.4 Å². The molecule has 2 saturated heterocycles. The summed E-state index contributed by atoms with van der Waals surface area (Å²) >= 11 is 0. The highest BCUT2D eigenvalue weighted by molar-refractivity contribution is 5.76. The van der Waals surface area contributed by atoms with E-state index >= 15 is 0 Å². The number of piperazine rings is 2. The minimum absolute atomic E-state index is 0.264. The van der Waals surface area contributed by atoms with Crippen molar-refractivity contribution >= 4 is 17.5 Å². The number of aromatic nitrogens is 2. The molecule has 0 spiro atoms. The Morgan fingerprint density at radius 3 is 2.28 bits per heavy atom. The molecule has 0 N–H and O–H groups in total. The van der Waals surface area contributed by atoms with Crippen LogP contribution in [0.25, 0.3) is 0 Å². The summed E-state index contributed by atoms with van der Waals surface area (Å²) in [6.45, 7) is 10.1. The van der Waals surface area contributed by atoms with Gasteiger partial charge in [0.1, 0.15) is 0 Å². The number of hydrogen-bond acceptors (Lipinski definition) is 6. The SMILES string of the molecule is Cc1cccc(N2CCN(CCC(=O)N3CCN(c4ncccn4)CC3)CC2)c1. The van der Waals surface area contributed by atoms with Gasteiger partial charge in [-0.2, -0.15) is 0 Å². The van der Waals surface area contributed by atoms with Crippen molar-refractivity contribution in [2.75, 3.05) is 68.7 Å². The van der Waals surface area contributed by atoms with E-state index in [-0.39, 0.29) is 5.91 Å². The van der Waals surface area contributed by atoms with Crippen LogP contribution in [0, 0.1) is 6.92 Å². The van der Waals surface area contributed by atoms with E-state index in [9.17, 15) is 4.79 Å². The van der Waals surface area contributed by atoms with Crippen LogP contribution < -0.4 is 9.80 Å². The Hall–Kier alpha value is -2.67. The highest BCUT2D eigenvalue weighted by Crippen LogP contribution is 2.18. The van der Waals surface area contributed by atoms with Gasteiger partial charge in [0.25, 0.3) is 0 Å². The lowest BCUT2D eigenvalue weighted by molar-refractivity contribution is -0.131. The van der Waals surface area contributed by atoms with Gasteiger partial charge in [-0.25, -0.2) is 9.97 Å². The Balaban J connectivity index is 1.18. The first-order valence-electron chi connectivity index (χ1n) is 10.5. The summed E-state index contributed by atoms with van der Waals surface area (Å²) in [5.41, 5.74) is 2.61. The molecule has 4 rings (SSSR count). The van der Waals surface area contributed by atoms with Gasteiger partial charge in [0.15, 0.2) is 0 Å². The second-order valence-corrected chi connectivity index (χ2v) is 7.83. The Bertz CT molecular complexity index is 798. The van der Waals surface area contributed by atoms with Gasteiger partial charge in [-0.3, -0.25) is 9.69 Å². The van der Waals surface area contributed by atoms with Crippen LogP contribution >= 0.6 is 0 Å². The fraction of sp³-hybridized carbons (Fsp3) is 0.500. The van der Waals surface area contributed by atoms with E-state index in [4.69, 9.17) is 0 Å². The molecule has 1 amide bonds. The molecular formula is C22H30N6O. The summed E-state index contributed by atoms with van der Waals surface area (Å²) in [6.07, 6.45) is 4.13. The summed E-state index contributed by atoms with van der Waals surface area (Å²) < 4.78 is 0. The quantitative estimate of drug-likeness (QED) is 0.769. The number of amides is 1. The molecule has 7 nitrogen and oxygen atoms in total. The van der Waals surface area contributed by atoms with Crippen LogP contribution in [-0.4, -0.2) is 84.6 Å². The highest BCUT2D eigenvalue weighted by atomic mass is 16.2. The first kappa shape index (κ1) is 19.6. The maximum absolute atomic E-state index is 12.6. The molecule has 2 aliphatic rings. The number of hydrogen-bond donors (Lipinski definition) is 0. The van der Waals surface area contributed by atoms with E-state index in [0.717, 1.165) is 64.9 Å². The Morgan fingerprint density at radius 2 is 1.59 bits per heavy atom. The molecule has 0 aliphatic carbocycles. The van der Waals surface area contributed by atoms with Crippen molar-refractivity contribution in [3.8, 4) is 0 Å². The van der Waals surface area contributed by atoms with Crippen molar-refractivity contribution in [3.05, 3.63) is 48.3 Å². The third-order valence-corrected chi connectivity index (χ3v) is 5.85. The number of carbonyl (C=O) groups excluding carboxylic acids is 1. The van der Waals surface area contributed by atoms with Gasteiger partial charge in [-0.1, -0.05) is 12.1 Å². The third-order valence-electron chi connectivity index (χ3n) is 5.85. The highest BCUT2D eigenvalue weighted by Gasteiger charge is 2.23. The third kappa shape index (κ3) is 5.03. The summed E-state index contributed by atoms with van der Waals surface area (Å²) in [5, 5.41) is 0. The van der Waals surface area contributed by atoms with Gasteiger partial charge in [0.05, 0.1) is 0 Å². The van der Waals surface area contributed by atoms with Gasteiger partial charge in [-0.15, -0.1) is 0 Å². The van der Waals surface area contributed by atoms with Crippen molar-refractivity contribution in [2.24, 2.45) is 0 Å². The molecule has 29 heavy (non-hydrogen) atoms. The summed E-state index contributed by atoms with van der Waals surface area (Å²) in [4.78, 5) is 30.2. The molecule has 2 fully saturated rings. The van der Waals surface area contributed by atoms with Crippen LogP contribution in [-0.2, 0) is 4.79 Å². The second-order valence-electron chi connectivity index (χ2n) is 7.83. The topological polar surface area (TPSA) is 55.8 Å². The lowest BCUT2D eigenvalue weighted by atomic mass is 10.2. The van der Waals surface area contributed by atoms with Crippen LogP contribution in [0.5, 0.6) is 0 Å². The molecule has 7 heteroatoms. The fourth-order valence-corrected chi connectivity index (χ4v) is 4.08. The first-order valence-corrected chi connectivity index (χ1v) is 10.5. The Morgan fingerprint density at radius 1 is 0.897 bits per heavy atom. The standard InChI is InChI=1S/C22H30N6O/c1-19-4-2-5-20(18-19)26-12-10-25(11-13-26)9-6-21(29)27-14-16-28(17-15-27)22-23-7-3-8-24-22/h2-5,7-8,18H,6,9-17H2,1H3. The van der Waals surface area contributed by atoms with E-state index in [2.05, 4.69) is 55.9 Å². The lowest BCUT2D eigenvalue weighted by Gasteiger charge is -2.37. The van der Waals surface area contributed by atoms with E-state index < -0.39 is 0 Å². The van der Waals surface area contributed by atoms with Crippen LogP contribution in [0.2, 0.25) is 0 Å². The van der Waals surface area contributed by atoms with Gasteiger partial charge >= 0.3 is 0 Å². The van der Waals surface area contributed by atoms with Gasteiger partial charge < -0.3 is 14.7 Å². The predicted molar refractivity (Wildman–Crippen MR) is 115 cm³/mol. The van der Waals surface area contributed by atoms with Crippen LogP contribution in [0.4, 0.5) is 11.6 Å². The van der Waals surface area contributed by atoms with Crippen LogP contribution in [0.3, 0.4) is 0 Å². The van der Waals surface area contributed by atoms with Crippen LogP contribution in [0.15, 0.2) is 42.7 Å². The molecule has 3 heterocycles. The minimum atomic E-state index is 0.264. The van der Waals surface area contributed by atoms with Crippen molar-refractivity contribution in [1.82, 2.24) is 19.8 Å².